The van der Waals surface area contributed by atoms with Gasteiger partial charge in [0, 0.05) is 12.2 Å². The lowest BCUT2D eigenvalue weighted by atomic mass is 9.96. The van der Waals surface area contributed by atoms with E-state index in [0.717, 1.165) is 7.11 Å². The molecule has 2 atom stereocenters. The lowest BCUT2D eigenvalue weighted by Crippen LogP contribution is -2.41. The van der Waals surface area contributed by atoms with Gasteiger partial charge in [0.1, 0.15) is 11.5 Å². The fourth-order valence-electron chi connectivity index (χ4n) is 3.73. The predicted molar refractivity (Wildman–Crippen MR) is 156 cm³/mol. The zero-order valence-corrected chi connectivity index (χ0v) is 25.0. The first-order chi connectivity index (χ1) is 18.9. The minimum Gasteiger partial charge on any atom is -0.466 e. The van der Waals surface area contributed by atoms with E-state index in [9.17, 15) is 14.4 Å². The maximum Gasteiger partial charge on any atom is 0.355 e. The Morgan fingerprint density at radius 1 is 0.775 bits per heavy atom. The average Bonchev–Trinajstić information content (AvgIpc) is 2.94. The van der Waals surface area contributed by atoms with Crippen LogP contribution in [0.2, 0.25) is 18.1 Å². The highest BCUT2D eigenvalue weighted by molar-refractivity contribution is 6.74. The van der Waals surface area contributed by atoms with E-state index >= 15 is 0 Å². The van der Waals surface area contributed by atoms with E-state index in [1.165, 1.54) is 12.1 Å². The van der Waals surface area contributed by atoms with Crippen LogP contribution in [-0.2, 0) is 23.5 Å². The number of esters is 2. The largest absolute Gasteiger partial charge is 0.466 e. The van der Waals surface area contributed by atoms with Crippen molar-refractivity contribution >= 4 is 26.0 Å². The van der Waals surface area contributed by atoms with Crippen LogP contribution in [0.15, 0.2) is 84.9 Å². The maximum atomic E-state index is 13.5. The quantitative estimate of drug-likeness (QED) is 0.102. The lowest BCUT2D eigenvalue weighted by molar-refractivity contribution is -0.163. The molecular formula is C32H38O7Si. The highest BCUT2D eigenvalue weighted by Crippen LogP contribution is 2.37. The monoisotopic (exact) mass is 562 g/mol. The van der Waals surface area contributed by atoms with Gasteiger partial charge < -0.3 is 18.6 Å². The van der Waals surface area contributed by atoms with Crippen molar-refractivity contribution in [3.63, 3.8) is 0 Å². The number of hydrogen-bond acceptors (Lipinski definition) is 7. The molecule has 3 aromatic carbocycles. The summed E-state index contributed by atoms with van der Waals surface area (Å²) in [5, 5.41) is 0.0137. The zero-order chi connectivity index (χ0) is 29.3. The molecule has 0 radical (unpaired) electrons. The summed E-state index contributed by atoms with van der Waals surface area (Å²) >= 11 is 0. The fourth-order valence-corrected chi connectivity index (χ4v) is 4.79. The number of ether oxygens (including phenoxy) is 3. The molecule has 3 rings (SSSR count). The van der Waals surface area contributed by atoms with Crippen molar-refractivity contribution in [3.8, 4) is 11.5 Å². The Labute approximate surface area is 237 Å². The third kappa shape index (κ3) is 8.13. The lowest BCUT2D eigenvalue weighted by Gasteiger charge is -2.36. The molecule has 0 aromatic heterocycles. The van der Waals surface area contributed by atoms with E-state index in [2.05, 4.69) is 33.9 Å². The molecule has 3 aromatic rings. The average molecular weight is 563 g/mol. The van der Waals surface area contributed by atoms with Gasteiger partial charge in [0.2, 0.25) is 5.78 Å². The van der Waals surface area contributed by atoms with Gasteiger partial charge in [-0.2, -0.15) is 0 Å². The van der Waals surface area contributed by atoms with Gasteiger partial charge in [-0.1, -0.05) is 69.3 Å². The molecule has 7 nitrogen and oxygen atoms in total. The van der Waals surface area contributed by atoms with Gasteiger partial charge in [0.25, 0.3) is 6.10 Å². The van der Waals surface area contributed by atoms with Crippen LogP contribution in [0, 0.1) is 0 Å². The van der Waals surface area contributed by atoms with Gasteiger partial charge >= 0.3 is 11.9 Å². The molecule has 40 heavy (non-hydrogen) atoms. The van der Waals surface area contributed by atoms with Gasteiger partial charge in [-0.15, -0.1) is 0 Å². The molecule has 0 N–H and O–H groups in total. The zero-order valence-electron chi connectivity index (χ0n) is 24.0. The molecular weight excluding hydrogens is 524 g/mol. The number of carbonyl (C=O) groups is 3. The summed E-state index contributed by atoms with van der Waals surface area (Å²) in [4.78, 5) is 39.4. The first kappa shape index (κ1) is 30.8. The van der Waals surface area contributed by atoms with Gasteiger partial charge in [-0.25, -0.2) is 4.79 Å². The third-order valence-corrected chi connectivity index (χ3v) is 11.7. The summed E-state index contributed by atoms with van der Waals surface area (Å²) in [6, 6.07) is 24.6. The second-order valence-corrected chi connectivity index (χ2v) is 15.8. The number of methoxy groups -OCH3 is 1. The molecule has 0 aliphatic heterocycles. The Morgan fingerprint density at radius 3 is 1.88 bits per heavy atom. The van der Waals surface area contributed by atoms with Crippen molar-refractivity contribution < 1.29 is 33.0 Å². The van der Waals surface area contributed by atoms with Crippen molar-refractivity contribution in [2.24, 2.45) is 0 Å². The molecule has 0 aliphatic rings. The molecule has 212 valence electrons. The van der Waals surface area contributed by atoms with Crippen molar-refractivity contribution in [1.29, 1.82) is 0 Å². The van der Waals surface area contributed by atoms with Gasteiger partial charge in [0.15, 0.2) is 8.32 Å². The molecule has 0 aliphatic carbocycles. The SMILES string of the molecule is COC(=O)C(OC(=O)C(CCO[Si](C)(C)C(C)(C)C)c1ccccc1)C(=O)c1ccc(Oc2ccccc2)cc1. The molecule has 0 saturated heterocycles. The van der Waals surface area contributed by atoms with Crippen molar-refractivity contribution in [3.05, 3.63) is 96.1 Å². The topological polar surface area (TPSA) is 88.1 Å². The number of benzene rings is 3. The van der Waals surface area contributed by atoms with Gasteiger partial charge in [-0.05, 0) is 66.5 Å². The van der Waals surface area contributed by atoms with E-state index in [1.807, 2.05) is 60.7 Å². The number of hydrogen-bond donors (Lipinski definition) is 0. The molecule has 0 spiro atoms. The van der Waals surface area contributed by atoms with E-state index in [1.54, 1.807) is 12.1 Å². The van der Waals surface area contributed by atoms with Crippen molar-refractivity contribution in [2.75, 3.05) is 13.7 Å². The maximum absolute atomic E-state index is 13.5. The Morgan fingerprint density at radius 2 is 1.32 bits per heavy atom. The highest BCUT2D eigenvalue weighted by Gasteiger charge is 2.38. The van der Waals surface area contributed by atoms with Crippen LogP contribution in [0.25, 0.3) is 0 Å². The first-order valence-electron chi connectivity index (χ1n) is 13.3. The van der Waals surface area contributed by atoms with Crippen LogP contribution in [0.5, 0.6) is 11.5 Å². The number of para-hydroxylation sites is 1. The third-order valence-electron chi connectivity index (χ3n) is 7.17. The Bertz CT molecular complexity index is 1270. The Kier molecular flexibility index (Phi) is 10.4. The molecule has 0 heterocycles. The van der Waals surface area contributed by atoms with Crippen molar-refractivity contribution in [1.82, 2.24) is 0 Å². The number of ketones is 1. The van der Waals surface area contributed by atoms with E-state index in [0.29, 0.717) is 30.1 Å². The molecule has 0 saturated carbocycles. The summed E-state index contributed by atoms with van der Waals surface area (Å²) in [7, 11) is -0.898. The summed E-state index contributed by atoms with van der Waals surface area (Å²) in [5.41, 5.74) is 0.894. The normalized spacial score (nSPS) is 13.2. The minimum absolute atomic E-state index is 0.0137. The Hall–Kier alpha value is -3.75. The van der Waals surface area contributed by atoms with Crippen LogP contribution in [-0.4, -0.2) is 45.9 Å². The van der Waals surface area contributed by atoms with E-state index in [4.69, 9.17) is 18.6 Å². The second kappa shape index (κ2) is 13.5. The van der Waals surface area contributed by atoms with Crippen LogP contribution in [0.4, 0.5) is 0 Å². The summed E-state index contributed by atoms with van der Waals surface area (Å²) in [6.45, 7) is 11.1. The summed E-state index contributed by atoms with van der Waals surface area (Å²) < 4.78 is 22.5. The summed E-state index contributed by atoms with van der Waals surface area (Å²) in [6.07, 6.45) is -1.41. The fraction of sp³-hybridized carbons (Fsp3) is 0.344. The van der Waals surface area contributed by atoms with Gasteiger partial charge in [0.05, 0.1) is 13.0 Å². The van der Waals surface area contributed by atoms with Crippen LogP contribution in [0.1, 0.15) is 49.0 Å². The van der Waals surface area contributed by atoms with Gasteiger partial charge in [-0.3, -0.25) is 9.59 Å². The summed E-state index contributed by atoms with van der Waals surface area (Å²) in [5.74, 6) is -1.90. The first-order valence-corrected chi connectivity index (χ1v) is 16.2. The minimum atomic E-state index is -2.05. The standard InChI is InChI=1S/C32H38O7Si/c1-32(2,3)40(5,6)37-22-21-27(23-13-9-7-10-14-23)30(34)39-29(31(35)36-4)28(33)24-17-19-26(20-18-24)38-25-15-11-8-12-16-25/h7-20,27,29H,21-22H2,1-6H3. The molecule has 0 bridgehead atoms. The highest BCUT2D eigenvalue weighted by atomic mass is 28.4. The molecule has 8 heteroatoms. The van der Waals surface area contributed by atoms with E-state index in [-0.39, 0.29) is 10.6 Å². The molecule has 0 fully saturated rings. The number of carbonyl (C=O) groups excluding carboxylic acids is 3. The van der Waals surface area contributed by atoms with Crippen LogP contribution < -0.4 is 4.74 Å². The van der Waals surface area contributed by atoms with Crippen LogP contribution >= 0.6 is 0 Å². The number of Topliss-reactive ketones (excluding diaryl/α,β-unsaturated/α-hetero) is 1. The Balaban J connectivity index is 1.77. The van der Waals surface area contributed by atoms with Crippen molar-refractivity contribution in [2.45, 2.75) is 57.3 Å². The smallest absolute Gasteiger partial charge is 0.355 e. The number of rotatable bonds is 12. The molecule has 0 amide bonds. The second-order valence-electron chi connectivity index (χ2n) is 11.0. The van der Waals surface area contributed by atoms with Crippen LogP contribution in [0.3, 0.4) is 0 Å². The molecule has 2 unspecified atom stereocenters. The predicted octanol–water partition coefficient (Wildman–Crippen LogP) is 6.94. The van der Waals surface area contributed by atoms with E-state index < -0.39 is 38.1 Å².